The van der Waals surface area contributed by atoms with E-state index in [-0.39, 0.29) is 26.5 Å². The Balaban J connectivity index is 2.00. The number of halogens is 1. The van der Waals surface area contributed by atoms with Crippen molar-refractivity contribution in [3.63, 3.8) is 0 Å². The molecule has 1 aliphatic heterocycles. The molecule has 0 unspecified atom stereocenters. The van der Waals surface area contributed by atoms with E-state index < -0.39 is 27.2 Å². The Morgan fingerprint density at radius 1 is 1.25 bits per heavy atom. The number of nitrogens with one attached hydrogen (secondary N) is 2. The number of hydrogen-bond donors (Lipinski definition) is 4. The van der Waals surface area contributed by atoms with Gasteiger partial charge in [-0.2, -0.15) is 0 Å². The number of aromatic carboxylic acids is 1. The van der Waals surface area contributed by atoms with Crippen LogP contribution >= 0.6 is 15.9 Å². The highest BCUT2D eigenvalue weighted by atomic mass is 79.9. The van der Waals surface area contributed by atoms with Crippen LogP contribution in [0.4, 0.5) is 11.4 Å². The van der Waals surface area contributed by atoms with Gasteiger partial charge in [-0.1, -0.05) is 13.8 Å². The van der Waals surface area contributed by atoms with E-state index >= 15 is 0 Å². The molecule has 4 N–H and O–H groups in total. The molecule has 1 aliphatic rings. The van der Waals surface area contributed by atoms with Gasteiger partial charge < -0.3 is 15.5 Å². The Morgan fingerprint density at radius 3 is 2.57 bits per heavy atom. The van der Waals surface area contributed by atoms with Crippen molar-refractivity contribution >= 4 is 49.2 Å². The lowest BCUT2D eigenvalue weighted by Crippen LogP contribution is -2.37. The predicted octanol–water partition coefficient (Wildman–Crippen LogP) is 3.17. The summed E-state index contributed by atoms with van der Waals surface area (Å²) in [5, 5.41) is 21.7. The maximum Gasteiger partial charge on any atom is 0.337 e. The van der Waals surface area contributed by atoms with Crippen LogP contribution in [-0.4, -0.2) is 30.5 Å². The molecule has 0 fully saturated rings. The van der Waals surface area contributed by atoms with Crippen LogP contribution in [0.25, 0.3) is 0 Å². The highest BCUT2D eigenvalue weighted by Gasteiger charge is 2.34. The van der Waals surface area contributed by atoms with E-state index in [1.54, 1.807) is 13.8 Å². The van der Waals surface area contributed by atoms with Crippen LogP contribution in [0.1, 0.15) is 29.8 Å². The molecule has 0 bridgehead atoms. The van der Waals surface area contributed by atoms with Gasteiger partial charge in [-0.25, -0.2) is 13.2 Å². The number of fused-ring (bicyclic) bond motifs is 1. The van der Waals surface area contributed by atoms with E-state index in [9.17, 15) is 28.2 Å². The molecule has 3 rings (SSSR count). The molecule has 148 valence electrons. The summed E-state index contributed by atoms with van der Waals surface area (Å²) in [6.45, 7) is 3.53. The molecule has 10 heteroatoms. The van der Waals surface area contributed by atoms with Gasteiger partial charge in [-0.15, -0.1) is 0 Å². The molecule has 0 saturated carbocycles. The largest absolute Gasteiger partial charge is 0.508 e. The number of aromatic hydroxyl groups is 1. The number of phenols is 1. The first-order valence-electron chi connectivity index (χ1n) is 8.14. The van der Waals surface area contributed by atoms with Crippen molar-refractivity contribution in [3.05, 3.63) is 45.9 Å². The predicted molar refractivity (Wildman–Crippen MR) is 106 cm³/mol. The quantitative estimate of drug-likeness (QED) is 0.544. The monoisotopic (exact) mass is 468 g/mol. The normalized spacial score (nSPS) is 15.5. The van der Waals surface area contributed by atoms with Crippen molar-refractivity contribution in [1.29, 1.82) is 0 Å². The average Bonchev–Trinajstić information content (AvgIpc) is 2.57. The lowest BCUT2D eigenvalue weighted by molar-refractivity contribution is -0.124. The molecule has 0 spiro atoms. The van der Waals surface area contributed by atoms with Crippen molar-refractivity contribution in [1.82, 2.24) is 0 Å². The number of carboxylic acids is 1. The summed E-state index contributed by atoms with van der Waals surface area (Å²) in [5.74, 6) is -1.86. The number of anilines is 2. The van der Waals surface area contributed by atoms with Crippen molar-refractivity contribution in [2.24, 2.45) is 5.41 Å². The topological polar surface area (TPSA) is 133 Å². The van der Waals surface area contributed by atoms with Crippen molar-refractivity contribution in [3.8, 4) is 5.75 Å². The smallest absolute Gasteiger partial charge is 0.337 e. The molecule has 1 amide bonds. The SMILES string of the molecule is CC1(C)Cc2cc(S(=O)(=O)Nc3cc(O)cc(C(=O)O)c3Br)ccc2NC1=O. The van der Waals surface area contributed by atoms with Crippen LogP contribution in [-0.2, 0) is 21.2 Å². The molecular weight excluding hydrogens is 452 g/mol. The highest BCUT2D eigenvalue weighted by molar-refractivity contribution is 9.10. The van der Waals surface area contributed by atoms with Gasteiger partial charge in [0, 0.05) is 17.2 Å². The third-order valence-corrected chi connectivity index (χ3v) is 6.63. The Morgan fingerprint density at radius 2 is 1.93 bits per heavy atom. The number of rotatable bonds is 4. The first kappa shape index (κ1) is 20.2. The molecule has 8 nitrogen and oxygen atoms in total. The van der Waals surface area contributed by atoms with Gasteiger partial charge in [-0.05, 0) is 52.2 Å². The van der Waals surface area contributed by atoms with E-state index in [2.05, 4.69) is 26.0 Å². The fourth-order valence-electron chi connectivity index (χ4n) is 2.90. The number of benzene rings is 2. The molecule has 1 heterocycles. The molecule has 0 aliphatic carbocycles. The summed E-state index contributed by atoms with van der Waals surface area (Å²) >= 11 is 3.06. The zero-order valence-electron chi connectivity index (χ0n) is 14.9. The molecule has 0 radical (unpaired) electrons. The zero-order chi connectivity index (χ0) is 20.9. The third kappa shape index (κ3) is 3.69. The zero-order valence-corrected chi connectivity index (χ0v) is 17.3. The van der Waals surface area contributed by atoms with Gasteiger partial charge in [0.2, 0.25) is 5.91 Å². The first-order valence-corrected chi connectivity index (χ1v) is 10.4. The summed E-state index contributed by atoms with van der Waals surface area (Å²) in [5.41, 5.74) is 0.160. The molecule has 2 aromatic rings. The summed E-state index contributed by atoms with van der Waals surface area (Å²) in [6, 6.07) is 6.43. The van der Waals surface area contributed by atoms with Crippen molar-refractivity contribution in [2.75, 3.05) is 10.0 Å². The first-order chi connectivity index (χ1) is 12.9. The van der Waals surface area contributed by atoms with Crippen molar-refractivity contribution in [2.45, 2.75) is 25.2 Å². The Hall–Kier alpha value is -2.59. The second-order valence-electron chi connectivity index (χ2n) is 7.10. The number of sulfonamides is 1. The summed E-state index contributed by atoms with van der Waals surface area (Å²) in [7, 11) is -4.08. The lowest BCUT2D eigenvalue weighted by Gasteiger charge is -2.30. The lowest BCUT2D eigenvalue weighted by atomic mass is 9.81. The van der Waals surface area contributed by atoms with Crippen LogP contribution < -0.4 is 10.0 Å². The number of amides is 1. The van der Waals surface area contributed by atoms with E-state index in [0.717, 1.165) is 12.1 Å². The van der Waals surface area contributed by atoms with E-state index in [1.807, 2.05) is 0 Å². The second-order valence-corrected chi connectivity index (χ2v) is 9.57. The van der Waals surface area contributed by atoms with Gasteiger partial charge in [0.05, 0.1) is 20.6 Å². The second kappa shape index (κ2) is 6.78. The fourth-order valence-corrected chi connectivity index (χ4v) is 4.64. The van der Waals surface area contributed by atoms with Crippen LogP contribution in [0, 0.1) is 5.41 Å². The number of hydrogen-bond acceptors (Lipinski definition) is 5. The minimum atomic E-state index is -4.08. The minimum Gasteiger partial charge on any atom is -0.508 e. The van der Waals surface area contributed by atoms with Crippen LogP contribution in [0.3, 0.4) is 0 Å². The standard InChI is InChI=1S/C18H17BrN2O6S/c1-18(2)8-9-5-11(3-4-13(9)20-17(18)25)28(26,27)21-14-7-10(22)6-12(15(14)19)16(23)24/h3-7,21-22H,8H2,1-2H3,(H,20,25)(H,23,24). The number of carboxylic acid groups (broad SMARTS) is 1. The maximum absolute atomic E-state index is 12.8. The van der Waals surface area contributed by atoms with E-state index in [0.29, 0.717) is 17.7 Å². The minimum absolute atomic E-state index is 0.00673. The Kier molecular flexibility index (Phi) is 4.88. The molecule has 0 aromatic heterocycles. The molecule has 0 atom stereocenters. The van der Waals surface area contributed by atoms with Crippen LogP contribution in [0.5, 0.6) is 5.75 Å². The van der Waals surface area contributed by atoms with Gasteiger partial charge in [0.1, 0.15) is 5.75 Å². The fraction of sp³-hybridized carbons (Fsp3) is 0.222. The highest BCUT2D eigenvalue weighted by Crippen LogP contribution is 2.36. The molecule has 0 saturated heterocycles. The van der Waals surface area contributed by atoms with Crippen LogP contribution in [0.15, 0.2) is 39.7 Å². The van der Waals surface area contributed by atoms with E-state index in [4.69, 9.17) is 0 Å². The third-order valence-electron chi connectivity index (χ3n) is 4.41. The average molecular weight is 469 g/mol. The van der Waals surface area contributed by atoms with E-state index in [1.165, 1.54) is 18.2 Å². The Labute approximate surface area is 169 Å². The summed E-state index contributed by atoms with van der Waals surface area (Å²) < 4.78 is 27.9. The van der Waals surface area contributed by atoms with Gasteiger partial charge in [0.25, 0.3) is 10.0 Å². The number of phenolic OH excluding ortho intramolecular Hbond substituents is 1. The molecule has 28 heavy (non-hydrogen) atoms. The van der Waals surface area contributed by atoms with Crippen LogP contribution in [0.2, 0.25) is 0 Å². The summed E-state index contributed by atoms with van der Waals surface area (Å²) in [6.07, 6.45) is 0.372. The Bertz CT molecular complexity index is 1110. The molecular formula is C18H17BrN2O6S. The number of carbonyl (C=O) groups is 2. The maximum atomic E-state index is 12.8. The summed E-state index contributed by atoms with van der Waals surface area (Å²) in [4.78, 5) is 23.2. The number of carbonyl (C=O) groups excluding carboxylic acids is 1. The van der Waals surface area contributed by atoms with Gasteiger partial charge >= 0.3 is 5.97 Å². The van der Waals surface area contributed by atoms with Gasteiger partial charge in [0.15, 0.2) is 0 Å². The van der Waals surface area contributed by atoms with Crippen molar-refractivity contribution < 1.29 is 28.2 Å². The van der Waals surface area contributed by atoms with Gasteiger partial charge in [-0.3, -0.25) is 9.52 Å². The molecule has 2 aromatic carbocycles.